The lowest BCUT2D eigenvalue weighted by molar-refractivity contribution is 0.686. The van der Waals surface area contributed by atoms with Crippen molar-refractivity contribution < 1.29 is 0 Å². The zero-order valence-electron chi connectivity index (χ0n) is 10.1. The molecule has 1 N–H and O–H groups in total. The van der Waals surface area contributed by atoms with Gasteiger partial charge in [0.1, 0.15) is 0 Å². The first-order chi connectivity index (χ1) is 8.34. The Morgan fingerprint density at radius 3 is 3.12 bits per heavy atom. The number of nitrogens with zero attached hydrogens (tertiary/aromatic N) is 2. The summed E-state index contributed by atoms with van der Waals surface area (Å²) in [6, 6.07) is 11.2. The van der Waals surface area contributed by atoms with Crippen LogP contribution in [0.4, 0.5) is 5.69 Å². The molecule has 1 atom stereocenters. The predicted molar refractivity (Wildman–Crippen MR) is 71.4 cm³/mol. The van der Waals surface area contributed by atoms with Gasteiger partial charge in [0.2, 0.25) is 0 Å². The van der Waals surface area contributed by atoms with E-state index in [0.717, 1.165) is 18.6 Å². The van der Waals surface area contributed by atoms with Gasteiger partial charge in [0, 0.05) is 36.9 Å². The highest BCUT2D eigenvalue weighted by Gasteiger charge is 2.19. The van der Waals surface area contributed by atoms with Crippen LogP contribution in [0.15, 0.2) is 36.5 Å². The molecule has 3 rings (SSSR count). The van der Waals surface area contributed by atoms with Gasteiger partial charge < -0.3 is 10.2 Å². The fraction of sp³-hybridized carbons (Fsp3) is 0.357. The average molecular weight is 227 g/mol. The maximum absolute atomic E-state index is 4.41. The lowest BCUT2D eigenvalue weighted by Gasteiger charge is -2.26. The molecule has 3 heteroatoms. The third-order valence-corrected chi connectivity index (χ3v) is 3.58. The van der Waals surface area contributed by atoms with Crippen molar-refractivity contribution in [1.29, 1.82) is 0 Å². The SMILES string of the molecule is CN(c1ccc2cccnc2c1)[C@@H]1CCNC1. The Labute approximate surface area is 101 Å². The molecule has 17 heavy (non-hydrogen) atoms. The van der Waals surface area contributed by atoms with Crippen LogP contribution in [0.25, 0.3) is 10.9 Å². The number of nitrogens with one attached hydrogen (secondary N) is 1. The van der Waals surface area contributed by atoms with Gasteiger partial charge in [-0.1, -0.05) is 12.1 Å². The highest BCUT2D eigenvalue weighted by Crippen LogP contribution is 2.22. The minimum Gasteiger partial charge on any atom is -0.370 e. The van der Waals surface area contributed by atoms with E-state index >= 15 is 0 Å². The fourth-order valence-electron chi connectivity index (χ4n) is 2.46. The summed E-state index contributed by atoms with van der Waals surface area (Å²) in [6.07, 6.45) is 3.07. The lowest BCUT2D eigenvalue weighted by atomic mass is 10.1. The fourth-order valence-corrected chi connectivity index (χ4v) is 2.46. The molecule has 2 heterocycles. The van der Waals surface area contributed by atoms with Crippen LogP contribution in [0.5, 0.6) is 0 Å². The van der Waals surface area contributed by atoms with E-state index < -0.39 is 0 Å². The molecule has 0 unspecified atom stereocenters. The van der Waals surface area contributed by atoms with Crippen molar-refractivity contribution in [3.8, 4) is 0 Å². The molecule has 1 aliphatic rings. The molecule has 1 aromatic carbocycles. The van der Waals surface area contributed by atoms with Crippen molar-refractivity contribution >= 4 is 16.6 Å². The predicted octanol–water partition coefficient (Wildman–Crippen LogP) is 2.03. The van der Waals surface area contributed by atoms with Crippen molar-refractivity contribution in [2.45, 2.75) is 12.5 Å². The molecule has 0 amide bonds. The van der Waals surface area contributed by atoms with Gasteiger partial charge in [0.15, 0.2) is 0 Å². The monoisotopic (exact) mass is 227 g/mol. The van der Waals surface area contributed by atoms with Gasteiger partial charge in [-0.15, -0.1) is 0 Å². The van der Waals surface area contributed by atoms with Gasteiger partial charge in [0.25, 0.3) is 0 Å². The Morgan fingerprint density at radius 2 is 2.29 bits per heavy atom. The lowest BCUT2D eigenvalue weighted by Crippen LogP contribution is -2.33. The Kier molecular flexibility index (Phi) is 2.69. The molecule has 0 radical (unpaired) electrons. The van der Waals surface area contributed by atoms with Crippen LogP contribution in [0.2, 0.25) is 0 Å². The van der Waals surface area contributed by atoms with Gasteiger partial charge in [-0.05, 0) is 31.2 Å². The molecule has 2 aromatic rings. The topological polar surface area (TPSA) is 28.2 Å². The summed E-state index contributed by atoms with van der Waals surface area (Å²) in [6.45, 7) is 2.21. The van der Waals surface area contributed by atoms with E-state index in [-0.39, 0.29) is 0 Å². The zero-order chi connectivity index (χ0) is 11.7. The Bertz CT molecular complexity index is 518. The summed E-state index contributed by atoms with van der Waals surface area (Å²) in [4.78, 5) is 6.76. The van der Waals surface area contributed by atoms with Crippen molar-refractivity contribution in [3.63, 3.8) is 0 Å². The minimum absolute atomic E-state index is 0.608. The number of anilines is 1. The van der Waals surface area contributed by atoms with E-state index in [1.54, 1.807) is 0 Å². The van der Waals surface area contributed by atoms with Crippen LogP contribution in [0, 0.1) is 0 Å². The normalized spacial score (nSPS) is 19.7. The van der Waals surface area contributed by atoms with Crippen LogP contribution in [-0.4, -0.2) is 31.2 Å². The van der Waals surface area contributed by atoms with Crippen LogP contribution >= 0.6 is 0 Å². The van der Waals surface area contributed by atoms with Crippen LogP contribution in [0.1, 0.15) is 6.42 Å². The van der Waals surface area contributed by atoms with Crippen molar-refractivity contribution in [2.75, 3.05) is 25.0 Å². The molecule has 1 aliphatic heterocycles. The molecule has 0 aliphatic carbocycles. The third kappa shape index (κ3) is 1.98. The second kappa shape index (κ2) is 4.34. The molecule has 1 fully saturated rings. The zero-order valence-corrected chi connectivity index (χ0v) is 10.1. The van der Waals surface area contributed by atoms with E-state index in [2.05, 4.69) is 46.5 Å². The summed E-state index contributed by atoms with van der Waals surface area (Å²) in [5, 5.41) is 4.61. The number of fused-ring (bicyclic) bond motifs is 1. The number of aromatic nitrogens is 1. The van der Waals surface area contributed by atoms with Gasteiger partial charge in [-0.2, -0.15) is 0 Å². The van der Waals surface area contributed by atoms with Crippen molar-refractivity contribution in [3.05, 3.63) is 36.5 Å². The smallest absolute Gasteiger partial charge is 0.0722 e. The highest BCUT2D eigenvalue weighted by molar-refractivity contribution is 5.82. The number of likely N-dealkylation sites (N-methyl/N-ethyl adjacent to an activating group) is 1. The standard InChI is InChI=1S/C14H17N3/c1-17(13-6-8-15-10-13)12-5-4-11-3-2-7-16-14(11)9-12/h2-5,7,9,13,15H,6,8,10H2,1H3/t13-/m1/s1. The van der Waals surface area contributed by atoms with E-state index in [1.165, 1.54) is 17.5 Å². The number of benzene rings is 1. The quantitative estimate of drug-likeness (QED) is 0.851. The molecule has 1 aromatic heterocycles. The van der Waals surface area contributed by atoms with E-state index in [9.17, 15) is 0 Å². The van der Waals surface area contributed by atoms with E-state index in [4.69, 9.17) is 0 Å². The summed E-state index contributed by atoms with van der Waals surface area (Å²) in [5.41, 5.74) is 2.33. The molecule has 0 saturated carbocycles. The first-order valence-corrected chi connectivity index (χ1v) is 6.13. The second-order valence-electron chi connectivity index (χ2n) is 4.64. The van der Waals surface area contributed by atoms with Crippen LogP contribution in [0.3, 0.4) is 0 Å². The van der Waals surface area contributed by atoms with Gasteiger partial charge in [-0.25, -0.2) is 0 Å². The maximum Gasteiger partial charge on any atom is 0.0722 e. The minimum atomic E-state index is 0.608. The van der Waals surface area contributed by atoms with Gasteiger partial charge in [-0.3, -0.25) is 4.98 Å². The summed E-state index contributed by atoms with van der Waals surface area (Å²) < 4.78 is 0. The second-order valence-corrected chi connectivity index (χ2v) is 4.64. The number of pyridine rings is 1. The molecule has 88 valence electrons. The summed E-state index contributed by atoms with van der Waals surface area (Å²) >= 11 is 0. The first kappa shape index (κ1) is 10.5. The summed E-state index contributed by atoms with van der Waals surface area (Å²) in [5.74, 6) is 0. The summed E-state index contributed by atoms with van der Waals surface area (Å²) in [7, 11) is 2.17. The molecule has 0 spiro atoms. The molecule has 0 bridgehead atoms. The molecular formula is C14H17N3. The van der Waals surface area contributed by atoms with Crippen LogP contribution in [-0.2, 0) is 0 Å². The van der Waals surface area contributed by atoms with Gasteiger partial charge in [0.05, 0.1) is 5.52 Å². The largest absolute Gasteiger partial charge is 0.370 e. The van der Waals surface area contributed by atoms with Crippen LogP contribution < -0.4 is 10.2 Å². The first-order valence-electron chi connectivity index (χ1n) is 6.13. The van der Waals surface area contributed by atoms with Crippen molar-refractivity contribution in [2.24, 2.45) is 0 Å². The number of rotatable bonds is 2. The molecule has 1 saturated heterocycles. The number of hydrogen-bond donors (Lipinski definition) is 1. The molecular weight excluding hydrogens is 210 g/mol. The number of hydrogen-bond acceptors (Lipinski definition) is 3. The Morgan fingerprint density at radius 1 is 1.35 bits per heavy atom. The molecule has 3 nitrogen and oxygen atoms in total. The third-order valence-electron chi connectivity index (χ3n) is 3.58. The average Bonchev–Trinajstić information content (AvgIpc) is 2.91. The maximum atomic E-state index is 4.41. The Balaban J connectivity index is 1.94. The van der Waals surface area contributed by atoms with Crippen molar-refractivity contribution in [1.82, 2.24) is 10.3 Å². The van der Waals surface area contributed by atoms with Gasteiger partial charge >= 0.3 is 0 Å². The Hall–Kier alpha value is -1.61. The van der Waals surface area contributed by atoms with E-state index in [0.29, 0.717) is 6.04 Å². The van der Waals surface area contributed by atoms with E-state index in [1.807, 2.05) is 12.3 Å². The highest BCUT2D eigenvalue weighted by atomic mass is 15.2.